The number of imidazole rings is 1. The largest absolute Gasteiger partial charge is 0.481 e. The van der Waals surface area contributed by atoms with Crippen LogP contribution in [-0.4, -0.2) is 52.2 Å². The van der Waals surface area contributed by atoms with Gasteiger partial charge in [-0.25, -0.2) is 9.78 Å². The molecule has 1 unspecified atom stereocenters. The van der Waals surface area contributed by atoms with E-state index >= 15 is 0 Å². The molecular weight excluding hydrogens is 448 g/mol. The lowest BCUT2D eigenvalue weighted by atomic mass is 9.98. The van der Waals surface area contributed by atoms with Gasteiger partial charge in [0.15, 0.2) is 0 Å². The normalized spacial score (nSPS) is 13.9. The zero-order valence-corrected chi connectivity index (χ0v) is 19.4. The van der Waals surface area contributed by atoms with Crippen LogP contribution in [0.15, 0.2) is 61.1 Å². The number of benzene rings is 2. The Labute approximate surface area is 202 Å². The van der Waals surface area contributed by atoms with Gasteiger partial charge in [0, 0.05) is 37.2 Å². The molecule has 2 aromatic carbocycles. The average molecular weight is 477 g/mol. The lowest BCUT2D eigenvalue weighted by Gasteiger charge is -2.20. The van der Waals surface area contributed by atoms with Crippen molar-refractivity contribution in [2.24, 2.45) is 5.92 Å². The maximum absolute atomic E-state index is 12.8. The minimum atomic E-state index is -0.933. The van der Waals surface area contributed by atoms with Crippen LogP contribution in [0.5, 0.6) is 0 Å². The number of H-pyrrole nitrogens is 1. The number of nitrogens with one attached hydrogen (secondary N) is 3. The Morgan fingerprint density at radius 1 is 1.09 bits per heavy atom. The van der Waals surface area contributed by atoms with Crippen LogP contribution in [-0.2, 0) is 20.7 Å². The van der Waals surface area contributed by atoms with Crippen LogP contribution in [0.3, 0.4) is 0 Å². The van der Waals surface area contributed by atoms with Crippen molar-refractivity contribution in [3.8, 4) is 11.1 Å². The molecule has 9 heteroatoms. The first-order valence-corrected chi connectivity index (χ1v) is 11.5. The molecule has 0 radical (unpaired) electrons. The number of rotatable bonds is 10. The number of ether oxygens (including phenoxy) is 1. The van der Waals surface area contributed by atoms with Crippen LogP contribution in [0.25, 0.3) is 11.1 Å². The van der Waals surface area contributed by atoms with Gasteiger partial charge < -0.3 is 25.5 Å². The molecule has 1 aliphatic carbocycles. The number of carbonyl (C=O) groups excluding carboxylic acids is 2. The quantitative estimate of drug-likeness (QED) is 0.355. The fourth-order valence-corrected chi connectivity index (χ4v) is 4.38. The van der Waals surface area contributed by atoms with Gasteiger partial charge in [0.1, 0.15) is 12.6 Å². The molecule has 2 amide bonds. The number of aliphatic carboxylic acids is 1. The number of carboxylic acids is 1. The van der Waals surface area contributed by atoms with Crippen LogP contribution in [0.2, 0.25) is 0 Å². The lowest BCUT2D eigenvalue weighted by molar-refractivity contribution is -0.138. The molecule has 1 aliphatic rings. The van der Waals surface area contributed by atoms with E-state index in [4.69, 9.17) is 9.84 Å². The van der Waals surface area contributed by atoms with E-state index in [0.717, 1.165) is 22.3 Å². The van der Waals surface area contributed by atoms with Crippen molar-refractivity contribution in [1.82, 2.24) is 20.6 Å². The molecule has 0 saturated heterocycles. The fraction of sp³-hybridized carbons (Fsp3) is 0.308. The van der Waals surface area contributed by atoms with E-state index in [1.165, 1.54) is 6.33 Å². The summed E-state index contributed by atoms with van der Waals surface area (Å²) in [6.45, 7) is 2.04. The van der Waals surface area contributed by atoms with E-state index in [-0.39, 0.29) is 37.8 Å². The van der Waals surface area contributed by atoms with Crippen molar-refractivity contribution in [2.45, 2.75) is 31.7 Å². The minimum Gasteiger partial charge on any atom is -0.481 e. The molecule has 0 saturated carbocycles. The summed E-state index contributed by atoms with van der Waals surface area (Å²) in [7, 11) is 0. The number of hydrogen-bond donors (Lipinski definition) is 4. The number of aromatic amines is 1. The van der Waals surface area contributed by atoms with Crippen molar-refractivity contribution in [3.63, 3.8) is 0 Å². The number of carbonyl (C=O) groups is 3. The van der Waals surface area contributed by atoms with Crippen LogP contribution in [0.4, 0.5) is 4.79 Å². The van der Waals surface area contributed by atoms with Crippen LogP contribution >= 0.6 is 0 Å². The molecular formula is C26H28N4O5. The van der Waals surface area contributed by atoms with E-state index in [2.05, 4.69) is 32.7 Å². The molecule has 0 bridgehead atoms. The second-order valence-electron chi connectivity index (χ2n) is 8.75. The van der Waals surface area contributed by atoms with Gasteiger partial charge in [0.25, 0.3) is 0 Å². The second kappa shape index (κ2) is 10.9. The first-order valence-electron chi connectivity index (χ1n) is 11.5. The molecule has 9 nitrogen and oxygen atoms in total. The van der Waals surface area contributed by atoms with E-state index in [0.29, 0.717) is 5.69 Å². The van der Waals surface area contributed by atoms with Gasteiger partial charge >= 0.3 is 12.1 Å². The summed E-state index contributed by atoms with van der Waals surface area (Å²) in [5, 5.41) is 14.3. The van der Waals surface area contributed by atoms with E-state index in [1.54, 1.807) is 13.1 Å². The molecule has 35 heavy (non-hydrogen) atoms. The lowest BCUT2D eigenvalue weighted by Crippen LogP contribution is -2.49. The third-order valence-electron chi connectivity index (χ3n) is 6.08. The summed E-state index contributed by atoms with van der Waals surface area (Å²) >= 11 is 0. The molecule has 2 atom stereocenters. The van der Waals surface area contributed by atoms with Crippen LogP contribution in [0, 0.1) is 5.92 Å². The molecule has 0 spiro atoms. The zero-order chi connectivity index (χ0) is 24.8. The van der Waals surface area contributed by atoms with Crippen molar-refractivity contribution >= 4 is 18.0 Å². The Morgan fingerprint density at radius 3 is 2.34 bits per heavy atom. The maximum atomic E-state index is 12.8. The highest BCUT2D eigenvalue weighted by Crippen LogP contribution is 2.44. The van der Waals surface area contributed by atoms with Gasteiger partial charge in [0.2, 0.25) is 5.91 Å². The average Bonchev–Trinajstić information content (AvgIpc) is 3.46. The number of carboxylic acid groups (broad SMARTS) is 1. The predicted octanol–water partition coefficient (Wildman–Crippen LogP) is 3.09. The molecule has 1 aromatic heterocycles. The SMILES string of the molecule is CC(CNC(=O)[C@H](Cc1cnc[nH]1)NC(=O)OCC1c2ccccc2-c2ccccc21)CC(=O)O. The summed E-state index contributed by atoms with van der Waals surface area (Å²) in [4.78, 5) is 43.3. The van der Waals surface area contributed by atoms with Crippen LogP contribution in [0.1, 0.15) is 36.1 Å². The Bertz CT molecular complexity index is 1150. The topological polar surface area (TPSA) is 133 Å². The van der Waals surface area contributed by atoms with Crippen molar-refractivity contribution in [3.05, 3.63) is 77.9 Å². The maximum Gasteiger partial charge on any atom is 0.407 e. The highest BCUT2D eigenvalue weighted by atomic mass is 16.5. The third kappa shape index (κ3) is 5.87. The standard InChI is InChI=1S/C26H28N4O5/c1-16(10-24(31)32)12-28-25(33)23(11-17-13-27-15-29-17)30-26(34)35-14-22-20-8-4-2-6-18(20)19-7-3-5-9-21(19)22/h2-9,13,15-16,22-23H,10-12,14H2,1H3,(H,27,29)(H,28,33)(H,30,34)(H,31,32)/t16?,23-/m0/s1. The first kappa shape index (κ1) is 24.0. The van der Waals surface area contributed by atoms with Gasteiger partial charge in [-0.15, -0.1) is 0 Å². The summed E-state index contributed by atoms with van der Waals surface area (Å²) in [6.07, 6.45) is 2.48. The molecule has 0 fully saturated rings. The molecule has 4 N–H and O–H groups in total. The highest BCUT2D eigenvalue weighted by Gasteiger charge is 2.30. The van der Waals surface area contributed by atoms with Gasteiger partial charge in [0.05, 0.1) is 6.33 Å². The predicted molar refractivity (Wildman–Crippen MR) is 129 cm³/mol. The summed E-state index contributed by atoms with van der Waals surface area (Å²) in [6, 6.07) is 15.2. The smallest absolute Gasteiger partial charge is 0.407 e. The second-order valence-corrected chi connectivity index (χ2v) is 8.75. The molecule has 1 heterocycles. The van der Waals surface area contributed by atoms with Gasteiger partial charge in [-0.2, -0.15) is 0 Å². The first-order chi connectivity index (χ1) is 16.9. The van der Waals surface area contributed by atoms with Crippen molar-refractivity contribution in [2.75, 3.05) is 13.2 Å². The van der Waals surface area contributed by atoms with Crippen molar-refractivity contribution in [1.29, 1.82) is 0 Å². The summed E-state index contributed by atoms with van der Waals surface area (Å²) in [5.74, 6) is -1.70. The summed E-state index contributed by atoms with van der Waals surface area (Å²) < 4.78 is 5.58. The van der Waals surface area contributed by atoms with Crippen LogP contribution < -0.4 is 10.6 Å². The van der Waals surface area contributed by atoms with E-state index in [9.17, 15) is 14.4 Å². The molecule has 182 valence electrons. The monoisotopic (exact) mass is 476 g/mol. The van der Waals surface area contributed by atoms with E-state index < -0.39 is 24.0 Å². The zero-order valence-electron chi connectivity index (χ0n) is 19.4. The number of fused-ring (bicyclic) bond motifs is 3. The number of alkyl carbamates (subject to hydrolysis) is 1. The van der Waals surface area contributed by atoms with Gasteiger partial charge in [-0.1, -0.05) is 55.5 Å². The molecule has 3 aromatic rings. The summed E-state index contributed by atoms with van der Waals surface area (Å²) in [5.41, 5.74) is 5.12. The number of aromatic nitrogens is 2. The molecule has 4 rings (SSSR count). The van der Waals surface area contributed by atoms with E-state index in [1.807, 2.05) is 36.4 Å². The Kier molecular flexibility index (Phi) is 7.45. The fourth-order valence-electron chi connectivity index (χ4n) is 4.38. The Hall–Kier alpha value is -4.14. The highest BCUT2D eigenvalue weighted by molar-refractivity contribution is 5.86. The van der Waals surface area contributed by atoms with Gasteiger partial charge in [-0.3, -0.25) is 9.59 Å². The minimum absolute atomic E-state index is 0.0642. The Balaban J connectivity index is 1.40. The number of amides is 2. The van der Waals surface area contributed by atoms with Crippen molar-refractivity contribution < 1.29 is 24.2 Å². The number of nitrogens with zero attached hydrogens (tertiary/aromatic N) is 1. The third-order valence-corrected chi connectivity index (χ3v) is 6.08. The number of hydrogen-bond acceptors (Lipinski definition) is 5. The van der Waals surface area contributed by atoms with Gasteiger partial charge in [-0.05, 0) is 28.2 Å². The molecule has 0 aliphatic heterocycles. The Morgan fingerprint density at radius 2 is 1.74 bits per heavy atom.